The fourth-order valence-corrected chi connectivity index (χ4v) is 3.18. The second-order valence-corrected chi connectivity index (χ2v) is 5.56. The lowest BCUT2D eigenvalue weighted by atomic mass is 9.88. The quantitative estimate of drug-likeness (QED) is 0.797. The topological polar surface area (TPSA) is 64.0 Å². The van der Waals surface area contributed by atoms with Crippen LogP contribution in [0.25, 0.3) is 0 Å². The number of aliphatic hydroxyl groups is 1. The molecule has 0 spiro atoms. The Bertz CT molecular complexity index is 279. The van der Waals surface area contributed by atoms with Gasteiger partial charge in [-0.3, -0.25) is 4.90 Å². The van der Waals surface area contributed by atoms with Crippen molar-refractivity contribution >= 4 is 6.09 Å². The molecule has 1 aliphatic heterocycles. The molecular formula is C13H24N2O3. The van der Waals surface area contributed by atoms with Gasteiger partial charge in [0, 0.05) is 26.2 Å². The maximum absolute atomic E-state index is 10.9. The number of amides is 1. The third kappa shape index (κ3) is 3.36. The van der Waals surface area contributed by atoms with E-state index in [2.05, 4.69) is 4.90 Å². The van der Waals surface area contributed by atoms with E-state index < -0.39 is 6.09 Å². The number of rotatable bonds is 3. The van der Waals surface area contributed by atoms with Crippen molar-refractivity contribution in [3.8, 4) is 0 Å². The summed E-state index contributed by atoms with van der Waals surface area (Å²) in [6.45, 7) is 2.85. The summed E-state index contributed by atoms with van der Waals surface area (Å²) in [5, 5.41) is 18.4. The molecule has 0 radical (unpaired) electrons. The predicted octanol–water partition coefficient (Wildman–Crippen LogP) is 1.22. The Morgan fingerprint density at radius 1 is 1.17 bits per heavy atom. The molecule has 0 bridgehead atoms. The van der Waals surface area contributed by atoms with Crippen molar-refractivity contribution in [2.24, 2.45) is 5.92 Å². The zero-order valence-electron chi connectivity index (χ0n) is 10.9. The van der Waals surface area contributed by atoms with E-state index in [4.69, 9.17) is 5.11 Å². The Kier molecular flexibility index (Phi) is 4.83. The van der Waals surface area contributed by atoms with Crippen molar-refractivity contribution in [2.45, 2.75) is 38.1 Å². The molecular weight excluding hydrogens is 232 g/mol. The largest absolute Gasteiger partial charge is 0.465 e. The maximum Gasteiger partial charge on any atom is 0.407 e. The summed E-state index contributed by atoms with van der Waals surface area (Å²) in [6, 6.07) is -0.0169. The molecule has 5 nitrogen and oxygen atoms in total. The Balaban J connectivity index is 1.86. The van der Waals surface area contributed by atoms with Gasteiger partial charge >= 0.3 is 6.09 Å². The van der Waals surface area contributed by atoms with Crippen LogP contribution in [0.1, 0.15) is 32.1 Å². The summed E-state index contributed by atoms with van der Waals surface area (Å²) in [5.41, 5.74) is 0. The predicted molar refractivity (Wildman–Crippen MR) is 68.6 cm³/mol. The van der Waals surface area contributed by atoms with Crippen LogP contribution in [-0.4, -0.2) is 64.9 Å². The van der Waals surface area contributed by atoms with Gasteiger partial charge in [0.25, 0.3) is 0 Å². The number of carbonyl (C=O) groups is 1. The highest BCUT2D eigenvalue weighted by Gasteiger charge is 2.30. The molecule has 0 aromatic heterocycles. The summed E-state index contributed by atoms with van der Waals surface area (Å²) in [4.78, 5) is 14.6. The first-order chi connectivity index (χ1) is 8.70. The van der Waals surface area contributed by atoms with Crippen LogP contribution in [0.5, 0.6) is 0 Å². The Hall–Kier alpha value is -0.810. The molecule has 104 valence electrons. The van der Waals surface area contributed by atoms with Crippen molar-refractivity contribution in [2.75, 3.05) is 32.8 Å². The van der Waals surface area contributed by atoms with Crippen LogP contribution >= 0.6 is 0 Å². The molecule has 0 unspecified atom stereocenters. The van der Waals surface area contributed by atoms with Crippen molar-refractivity contribution in [1.82, 2.24) is 9.80 Å². The number of nitrogens with zero attached hydrogens (tertiary/aromatic N) is 2. The van der Waals surface area contributed by atoms with E-state index in [1.165, 1.54) is 37.0 Å². The van der Waals surface area contributed by atoms with Crippen LogP contribution in [0.2, 0.25) is 0 Å². The molecule has 2 N–H and O–H groups in total. The second-order valence-electron chi connectivity index (χ2n) is 5.56. The lowest BCUT2D eigenvalue weighted by Gasteiger charge is -2.41. The van der Waals surface area contributed by atoms with Gasteiger partial charge in [-0.25, -0.2) is 4.79 Å². The molecule has 2 fully saturated rings. The van der Waals surface area contributed by atoms with Crippen molar-refractivity contribution in [1.29, 1.82) is 0 Å². The summed E-state index contributed by atoms with van der Waals surface area (Å²) in [5.74, 6) is 0.740. The van der Waals surface area contributed by atoms with Crippen LogP contribution in [0.15, 0.2) is 0 Å². The van der Waals surface area contributed by atoms with Gasteiger partial charge in [0.2, 0.25) is 0 Å². The Morgan fingerprint density at radius 3 is 2.50 bits per heavy atom. The first-order valence-electron chi connectivity index (χ1n) is 7.03. The molecule has 2 rings (SSSR count). The van der Waals surface area contributed by atoms with Gasteiger partial charge in [0.1, 0.15) is 0 Å². The van der Waals surface area contributed by atoms with E-state index >= 15 is 0 Å². The molecule has 1 heterocycles. The van der Waals surface area contributed by atoms with Crippen LogP contribution < -0.4 is 0 Å². The first-order valence-corrected chi connectivity index (χ1v) is 7.03. The molecule has 1 saturated carbocycles. The van der Waals surface area contributed by atoms with Crippen molar-refractivity contribution in [3.63, 3.8) is 0 Å². The number of piperazine rings is 1. The van der Waals surface area contributed by atoms with Crippen molar-refractivity contribution < 1.29 is 15.0 Å². The third-order valence-corrected chi connectivity index (χ3v) is 4.30. The normalized spacial score (nSPS) is 27.4. The van der Waals surface area contributed by atoms with Gasteiger partial charge in [0.05, 0.1) is 12.6 Å². The molecule has 1 aliphatic carbocycles. The molecule has 1 amide bonds. The van der Waals surface area contributed by atoms with Crippen LogP contribution in [0.3, 0.4) is 0 Å². The highest BCUT2D eigenvalue weighted by atomic mass is 16.4. The average molecular weight is 256 g/mol. The summed E-state index contributed by atoms with van der Waals surface area (Å²) in [6.07, 6.45) is 5.71. The molecule has 1 atom stereocenters. The molecule has 18 heavy (non-hydrogen) atoms. The van der Waals surface area contributed by atoms with Gasteiger partial charge < -0.3 is 15.1 Å². The zero-order valence-corrected chi connectivity index (χ0v) is 10.9. The number of hydrogen-bond acceptors (Lipinski definition) is 3. The highest BCUT2D eigenvalue weighted by molar-refractivity contribution is 5.65. The lowest BCUT2D eigenvalue weighted by molar-refractivity contribution is 0.0290. The van der Waals surface area contributed by atoms with Gasteiger partial charge in [-0.15, -0.1) is 0 Å². The number of carboxylic acid groups (broad SMARTS) is 1. The summed E-state index contributed by atoms with van der Waals surface area (Å²) >= 11 is 0. The summed E-state index contributed by atoms with van der Waals surface area (Å²) in [7, 11) is 0. The Labute approximate surface area is 108 Å². The minimum Gasteiger partial charge on any atom is -0.465 e. The maximum atomic E-state index is 10.9. The zero-order chi connectivity index (χ0) is 13.0. The van der Waals surface area contributed by atoms with E-state index in [0.717, 1.165) is 19.0 Å². The molecule has 1 saturated heterocycles. The van der Waals surface area contributed by atoms with E-state index in [9.17, 15) is 9.90 Å². The SMILES string of the molecule is O=C(O)N1CCN(CC2CCCCC2)[C@@H](CO)C1. The van der Waals surface area contributed by atoms with Gasteiger partial charge in [-0.05, 0) is 18.8 Å². The minimum absolute atomic E-state index is 0.0169. The molecule has 0 aromatic carbocycles. The van der Waals surface area contributed by atoms with Crippen LogP contribution in [0, 0.1) is 5.92 Å². The minimum atomic E-state index is -0.870. The fraction of sp³-hybridized carbons (Fsp3) is 0.923. The third-order valence-electron chi connectivity index (χ3n) is 4.30. The smallest absolute Gasteiger partial charge is 0.407 e. The van der Waals surface area contributed by atoms with Gasteiger partial charge in [-0.2, -0.15) is 0 Å². The molecule has 2 aliphatic rings. The number of aliphatic hydroxyl groups excluding tert-OH is 1. The lowest BCUT2D eigenvalue weighted by Crippen LogP contribution is -2.56. The molecule has 5 heteroatoms. The van der Waals surface area contributed by atoms with Gasteiger partial charge in [0.15, 0.2) is 0 Å². The van der Waals surface area contributed by atoms with E-state index in [1.807, 2.05) is 0 Å². The Morgan fingerprint density at radius 2 is 1.89 bits per heavy atom. The fourth-order valence-electron chi connectivity index (χ4n) is 3.18. The standard InChI is InChI=1S/C13H24N2O3/c16-10-12-9-15(13(17)18)7-6-14(12)8-11-4-2-1-3-5-11/h11-12,16H,1-10H2,(H,17,18)/t12-/m1/s1. The highest BCUT2D eigenvalue weighted by Crippen LogP contribution is 2.25. The van der Waals surface area contributed by atoms with Crippen molar-refractivity contribution in [3.05, 3.63) is 0 Å². The average Bonchev–Trinajstić information content (AvgIpc) is 2.40. The monoisotopic (exact) mass is 256 g/mol. The van der Waals surface area contributed by atoms with E-state index in [1.54, 1.807) is 0 Å². The van der Waals surface area contributed by atoms with Crippen LogP contribution in [0.4, 0.5) is 4.79 Å². The van der Waals surface area contributed by atoms with Gasteiger partial charge in [-0.1, -0.05) is 19.3 Å². The summed E-state index contributed by atoms with van der Waals surface area (Å²) < 4.78 is 0. The molecule has 0 aromatic rings. The van der Waals surface area contributed by atoms with Crippen LogP contribution in [-0.2, 0) is 0 Å². The van der Waals surface area contributed by atoms with E-state index in [-0.39, 0.29) is 12.6 Å². The van der Waals surface area contributed by atoms with E-state index in [0.29, 0.717) is 13.1 Å². The first kappa shape index (κ1) is 13.6. The second kappa shape index (κ2) is 6.38. The number of hydrogen-bond donors (Lipinski definition) is 2.